The first-order valence-corrected chi connectivity index (χ1v) is 10.8. The number of allylic oxidation sites excluding steroid dienone is 2. The number of methoxy groups -OCH3 is 1. The molecule has 0 aromatic heterocycles. The third-order valence-electron chi connectivity index (χ3n) is 5.59. The quantitative estimate of drug-likeness (QED) is 0.200. The second-order valence-corrected chi connectivity index (χ2v) is 7.93. The van der Waals surface area contributed by atoms with Crippen LogP contribution in [-0.2, 0) is 9.53 Å². The minimum atomic E-state index is -1.03. The van der Waals surface area contributed by atoms with E-state index >= 15 is 0 Å². The van der Waals surface area contributed by atoms with E-state index in [1.54, 1.807) is 6.92 Å². The molecule has 0 saturated heterocycles. The molecule has 0 spiro atoms. The minimum Gasteiger partial charge on any atom is -0.469 e. The lowest BCUT2D eigenvalue weighted by atomic mass is 9.88. The largest absolute Gasteiger partial charge is 0.469 e. The fourth-order valence-corrected chi connectivity index (χ4v) is 3.88. The molecule has 1 unspecified atom stereocenters. The molecule has 1 aliphatic carbocycles. The molecule has 0 aliphatic heterocycles. The van der Waals surface area contributed by atoms with Gasteiger partial charge in [0.2, 0.25) is 0 Å². The van der Waals surface area contributed by atoms with Gasteiger partial charge in [0.25, 0.3) is 0 Å². The van der Waals surface area contributed by atoms with Crippen LogP contribution in [0.1, 0.15) is 71.6 Å². The average molecular weight is 407 g/mol. The van der Waals surface area contributed by atoms with Gasteiger partial charge in [-0.15, -0.1) is 5.92 Å². The summed E-state index contributed by atoms with van der Waals surface area (Å²) < 4.78 is 4.62. The van der Waals surface area contributed by atoms with Crippen molar-refractivity contribution in [2.45, 2.75) is 89.4 Å². The molecule has 1 fully saturated rings. The summed E-state index contributed by atoms with van der Waals surface area (Å²) in [6.45, 7) is 3.81. The first-order valence-electron chi connectivity index (χ1n) is 10.8. The Labute approximate surface area is 175 Å². The molecule has 5 atom stereocenters. The van der Waals surface area contributed by atoms with E-state index in [0.29, 0.717) is 32.1 Å². The van der Waals surface area contributed by atoms with Gasteiger partial charge in [0.15, 0.2) is 0 Å². The number of hydrogen-bond donors (Lipinski definition) is 3. The summed E-state index contributed by atoms with van der Waals surface area (Å²) in [5, 5.41) is 31.4. The van der Waals surface area contributed by atoms with Gasteiger partial charge in [-0.25, -0.2) is 0 Å². The fraction of sp³-hybridized carbons (Fsp3) is 0.708. The van der Waals surface area contributed by atoms with E-state index in [9.17, 15) is 20.1 Å². The van der Waals surface area contributed by atoms with Crippen LogP contribution >= 0.6 is 0 Å². The van der Waals surface area contributed by atoms with Crippen LogP contribution < -0.4 is 0 Å². The standard InChI is InChI=1S/C24H38O5/c1-4-6-16-24(28,15-5-2)17-11-13-20-19(21(25)18-22(20)26)12-9-7-8-10-14-23(27)29-3/h7,9,11,13,19-22,25-26,28H,4,6,8,10,12,14,16-18H2,1-3H3/t19-,20-,21+,22-,24?/m1/s1. The van der Waals surface area contributed by atoms with E-state index in [1.807, 2.05) is 24.3 Å². The predicted octanol–water partition coefficient (Wildman–Crippen LogP) is 3.52. The Bertz CT molecular complexity index is 600. The highest BCUT2D eigenvalue weighted by molar-refractivity contribution is 5.69. The normalized spacial score (nSPS) is 26.4. The zero-order valence-electron chi connectivity index (χ0n) is 18.1. The van der Waals surface area contributed by atoms with E-state index in [4.69, 9.17) is 0 Å². The molecule has 29 heavy (non-hydrogen) atoms. The SMILES string of the molecule is CC#CC(O)(CC=C[C@@H]1[C@@H](CC=CCCCC(=O)OC)[C@@H](O)C[C@H]1O)CCCC. The van der Waals surface area contributed by atoms with Crippen molar-refractivity contribution in [1.82, 2.24) is 0 Å². The lowest BCUT2D eigenvalue weighted by Gasteiger charge is -2.22. The number of unbranched alkanes of at least 4 members (excludes halogenated alkanes) is 2. The lowest BCUT2D eigenvalue weighted by molar-refractivity contribution is -0.140. The lowest BCUT2D eigenvalue weighted by Crippen LogP contribution is -2.26. The Morgan fingerprint density at radius 3 is 2.62 bits per heavy atom. The number of esters is 1. The molecule has 0 aromatic rings. The van der Waals surface area contributed by atoms with Crippen molar-refractivity contribution in [1.29, 1.82) is 0 Å². The monoisotopic (exact) mass is 406 g/mol. The highest BCUT2D eigenvalue weighted by atomic mass is 16.5. The van der Waals surface area contributed by atoms with Crippen molar-refractivity contribution in [2.24, 2.45) is 11.8 Å². The van der Waals surface area contributed by atoms with Gasteiger partial charge in [-0.3, -0.25) is 4.79 Å². The third kappa shape index (κ3) is 9.16. The second-order valence-electron chi connectivity index (χ2n) is 7.93. The Kier molecular flexibility index (Phi) is 11.9. The summed E-state index contributed by atoms with van der Waals surface area (Å²) in [5.74, 6) is 5.32. The van der Waals surface area contributed by atoms with Gasteiger partial charge in [-0.1, -0.05) is 43.6 Å². The van der Waals surface area contributed by atoms with Crippen molar-refractivity contribution < 1.29 is 24.9 Å². The molecule has 5 heteroatoms. The molecule has 164 valence electrons. The maximum absolute atomic E-state index is 11.1. The van der Waals surface area contributed by atoms with Crippen LogP contribution in [0.3, 0.4) is 0 Å². The van der Waals surface area contributed by atoms with Crippen LogP contribution in [0.4, 0.5) is 0 Å². The summed E-state index contributed by atoms with van der Waals surface area (Å²) in [6, 6.07) is 0. The van der Waals surface area contributed by atoms with Crippen molar-refractivity contribution in [3.63, 3.8) is 0 Å². The number of aliphatic hydroxyl groups is 3. The second kappa shape index (κ2) is 13.6. The van der Waals surface area contributed by atoms with E-state index < -0.39 is 17.8 Å². The molecule has 0 heterocycles. The predicted molar refractivity (Wildman–Crippen MR) is 115 cm³/mol. The minimum absolute atomic E-state index is 0.0564. The fourth-order valence-electron chi connectivity index (χ4n) is 3.88. The number of carbonyl (C=O) groups is 1. The summed E-state index contributed by atoms with van der Waals surface area (Å²) in [7, 11) is 1.39. The molecule has 1 saturated carbocycles. The number of aliphatic hydroxyl groups excluding tert-OH is 2. The van der Waals surface area contributed by atoms with Gasteiger partial charge in [-0.05, 0) is 44.9 Å². The number of ether oxygens (including phenoxy) is 1. The van der Waals surface area contributed by atoms with Crippen LogP contribution in [0.15, 0.2) is 24.3 Å². The third-order valence-corrected chi connectivity index (χ3v) is 5.59. The Morgan fingerprint density at radius 2 is 1.97 bits per heavy atom. The van der Waals surface area contributed by atoms with E-state index in [1.165, 1.54) is 7.11 Å². The molecule has 0 amide bonds. The Hall–Kier alpha value is -1.61. The maximum atomic E-state index is 11.1. The van der Waals surface area contributed by atoms with Crippen molar-refractivity contribution in [3.05, 3.63) is 24.3 Å². The molecule has 1 aliphatic rings. The molecule has 3 N–H and O–H groups in total. The van der Waals surface area contributed by atoms with Crippen LogP contribution in [-0.4, -0.2) is 46.2 Å². The van der Waals surface area contributed by atoms with Crippen LogP contribution in [0, 0.1) is 23.7 Å². The van der Waals surface area contributed by atoms with Gasteiger partial charge in [0.05, 0.1) is 19.3 Å². The number of rotatable bonds is 12. The highest BCUT2D eigenvalue weighted by Crippen LogP contribution is 2.36. The van der Waals surface area contributed by atoms with Crippen LogP contribution in [0.5, 0.6) is 0 Å². The highest BCUT2D eigenvalue weighted by Gasteiger charge is 2.39. The molecule has 0 radical (unpaired) electrons. The Balaban J connectivity index is 2.61. The summed E-state index contributed by atoms with van der Waals surface area (Å²) >= 11 is 0. The van der Waals surface area contributed by atoms with E-state index in [0.717, 1.165) is 25.7 Å². The molecule has 1 rings (SSSR count). The summed E-state index contributed by atoms with van der Waals surface area (Å²) in [4.78, 5) is 11.1. The van der Waals surface area contributed by atoms with Crippen molar-refractivity contribution >= 4 is 5.97 Å². The molecule has 0 bridgehead atoms. The van der Waals surface area contributed by atoms with Gasteiger partial charge in [0, 0.05) is 25.2 Å². The summed E-state index contributed by atoms with van der Waals surface area (Å²) in [5.41, 5.74) is -1.03. The molecular weight excluding hydrogens is 368 g/mol. The average Bonchev–Trinajstić information content (AvgIpc) is 2.95. The van der Waals surface area contributed by atoms with Gasteiger partial charge in [-0.2, -0.15) is 0 Å². The first-order chi connectivity index (χ1) is 13.9. The van der Waals surface area contributed by atoms with Gasteiger partial charge >= 0.3 is 5.97 Å². The van der Waals surface area contributed by atoms with Crippen LogP contribution in [0.25, 0.3) is 0 Å². The number of hydrogen-bond acceptors (Lipinski definition) is 5. The molecular formula is C24H38O5. The molecule has 0 aromatic carbocycles. The topological polar surface area (TPSA) is 87.0 Å². The van der Waals surface area contributed by atoms with Crippen molar-refractivity contribution in [2.75, 3.05) is 7.11 Å². The first kappa shape index (κ1) is 25.4. The van der Waals surface area contributed by atoms with Crippen LogP contribution in [0.2, 0.25) is 0 Å². The van der Waals surface area contributed by atoms with E-state index in [-0.39, 0.29) is 17.8 Å². The Morgan fingerprint density at radius 1 is 1.21 bits per heavy atom. The zero-order chi connectivity index (χ0) is 21.7. The number of carbonyl (C=O) groups excluding carboxylic acids is 1. The van der Waals surface area contributed by atoms with Gasteiger partial charge in [0.1, 0.15) is 5.60 Å². The van der Waals surface area contributed by atoms with Crippen molar-refractivity contribution in [3.8, 4) is 11.8 Å². The maximum Gasteiger partial charge on any atom is 0.305 e. The smallest absolute Gasteiger partial charge is 0.305 e. The van der Waals surface area contributed by atoms with Gasteiger partial charge < -0.3 is 20.1 Å². The van der Waals surface area contributed by atoms with E-state index in [2.05, 4.69) is 23.5 Å². The molecule has 5 nitrogen and oxygen atoms in total. The zero-order valence-corrected chi connectivity index (χ0v) is 18.1. The summed E-state index contributed by atoms with van der Waals surface area (Å²) in [6.07, 6.45) is 12.6.